The number of hydrogen-bond donors (Lipinski definition) is 1. The molecule has 1 N–H and O–H groups in total. The van der Waals surface area contributed by atoms with Crippen LogP contribution in [0, 0.1) is 0 Å². The number of alkyl halides is 1. The summed E-state index contributed by atoms with van der Waals surface area (Å²) in [6.45, 7) is 3.10. The number of ether oxygens (including phenoxy) is 1. The molecule has 1 aliphatic rings. The Bertz CT molecular complexity index is 428. The van der Waals surface area contributed by atoms with Crippen LogP contribution >= 0.6 is 15.9 Å². The third-order valence-electron chi connectivity index (χ3n) is 3.30. The molecule has 1 amide bonds. The summed E-state index contributed by atoms with van der Waals surface area (Å²) in [6, 6.07) is 8.17. The number of carbonyl (C=O) groups excluding carboxylic acids is 1. The summed E-state index contributed by atoms with van der Waals surface area (Å²) in [5.41, 5.74) is 1.69. The normalized spacial score (nSPS) is 23.0. The summed E-state index contributed by atoms with van der Waals surface area (Å²) in [7, 11) is 0. The molecule has 1 aliphatic heterocycles. The van der Waals surface area contributed by atoms with Crippen LogP contribution in [0.1, 0.15) is 30.9 Å². The minimum absolute atomic E-state index is 0.00996. The second kappa shape index (κ2) is 5.85. The first-order valence-corrected chi connectivity index (χ1v) is 7.32. The van der Waals surface area contributed by atoms with Crippen molar-refractivity contribution in [1.82, 2.24) is 5.32 Å². The molecule has 0 saturated carbocycles. The van der Waals surface area contributed by atoms with Gasteiger partial charge in [0.05, 0.1) is 0 Å². The largest absolute Gasteiger partial charge is 0.365 e. The molecule has 2 rings (SSSR count). The second-order valence-corrected chi connectivity index (χ2v) is 5.38. The van der Waals surface area contributed by atoms with E-state index in [0.717, 1.165) is 23.7 Å². The molecule has 3 nitrogen and oxygen atoms in total. The molecular weight excluding hydrogens is 294 g/mol. The van der Waals surface area contributed by atoms with E-state index in [1.807, 2.05) is 19.1 Å². The Hall–Kier alpha value is -0.870. The van der Waals surface area contributed by atoms with Crippen LogP contribution in [-0.2, 0) is 21.4 Å². The van der Waals surface area contributed by atoms with Gasteiger partial charge in [-0.25, -0.2) is 0 Å². The van der Waals surface area contributed by atoms with Crippen LogP contribution in [0.25, 0.3) is 0 Å². The highest BCUT2D eigenvalue weighted by Crippen LogP contribution is 2.25. The van der Waals surface area contributed by atoms with Crippen molar-refractivity contribution in [1.29, 1.82) is 0 Å². The first-order chi connectivity index (χ1) is 8.64. The molecule has 98 valence electrons. The van der Waals surface area contributed by atoms with Crippen molar-refractivity contribution in [3.8, 4) is 0 Å². The molecule has 1 aromatic carbocycles. The van der Waals surface area contributed by atoms with Gasteiger partial charge in [-0.05, 0) is 30.9 Å². The predicted molar refractivity (Wildman–Crippen MR) is 74.5 cm³/mol. The number of benzene rings is 1. The first-order valence-electron chi connectivity index (χ1n) is 6.20. The molecule has 1 aromatic rings. The molecule has 1 atom stereocenters. The van der Waals surface area contributed by atoms with Gasteiger partial charge in [0.2, 0.25) is 0 Å². The fourth-order valence-corrected chi connectivity index (χ4v) is 2.50. The Morgan fingerprint density at radius 3 is 2.94 bits per heavy atom. The smallest absolute Gasteiger partial charge is 0.252 e. The third-order valence-corrected chi connectivity index (χ3v) is 3.95. The molecular formula is C14H18BrNO2. The molecule has 0 bridgehead atoms. The number of carbonyl (C=O) groups is 1. The summed E-state index contributed by atoms with van der Waals surface area (Å²) in [5, 5.41) is 3.78. The molecule has 1 unspecified atom stereocenters. The first kappa shape index (κ1) is 13.6. The van der Waals surface area contributed by atoms with Crippen LogP contribution in [0.2, 0.25) is 0 Å². The van der Waals surface area contributed by atoms with Crippen LogP contribution in [0.3, 0.4) is 0 Å². The summed E-state index contributed by atoms with van der Waals surface area (Å²) in [6.07, 6.45) is 1.77. The van der Waals surface area contributed by atoms with E-state index in [-0.39, 0.29) is 5.91 Å². The van der Waals surface area contributed by atoms with E-state index in [1.165, 1.54) is 5.56 Å². The summed E-state index contributed by atoms with van der Waals surface area (Å²) >= 11 is 3.43. The van der Waals surface area contributed by atoms with Gasteiger partial charge in [0.15, 0.2) is 0 Å². The van der Waals surface area contributed by atoms with Gasteiger partial charge >= 0.3 is 0 Å². The Morgan fingerprint density at radius 2 is 2.28 bits per heavy atom. The summed E-state index contributed by atoms with van der Waals surface area (Å²) in [4.78, 5) is 12.0. The molecule has 1 saturated heterocycles. The quantitative estimate of drug-likeness (QED) is 0.868. The van der Waals surface area contributed by atoms with Gasteiger partial charge < -0.3 is 10.1 Å². The van der Waals surface area contributed by atoms with Gasteiger partial charge in [0, 0.05) is 18.5 Å². The average Bonchev–Trinajstić information content (AvgIpc) is 2.84. The Kier molecular flexibility index (Phi) is 4.40. The summed E-state index contributed by atoms with van der Waals surface area (Å²) < 4.78 is 5.52. The van der Waals surface area contributed by atoms with Crippen LogP contribution in [0.15, 0.2) is 24.3 Å². The van der Waals surface area contributed by atoms with E-state index in [0.29, 0.717) is 13.2 Å². The van der Waals surface area contributed by atoms with Crippen molar-refractivity contribution in [2.45, 2.75) is 37.2 Å². The van der Waals surface area contributed by atoms with Crippen molar-refractivity contribution in [2.24, 2.45) is 0 Å². The number of amides is 1. The monoisotopic (exact) mass is 311 g/mol. The predicted octanol–water partition coefficient (Wildman–Crippen LogP) is 2.77. The van der Waals surface area contributed by atoms with Crippen molar-refractivity contribution in [3.05, 3.63) is 35.4 Å². The molecule has 1 heterocycles. The third kappa shape index (κ3) is 3.12. The van der Waals surface area contributed by atoms with E-state index >= 15 is 0 Å². The van der Waals surface area contributed by atoms with Gasteiger partial charge in [-0.2, -0.15) is 0 Å². The minimum atomic E-state index is -0.632. The average molecular weight is 312 g/mol. The minimum Gasteiger partial charge on any atom is -0.365 e. The van der Waals surface area contributed by atoms with Gasteiger partial charge in [-0.3, -0.25) is 4.79 Å². The molecule has 0 aromatic heterocycles. The number of nitrogens with one attached hydrogen (secondary N) is 1. The lowest BCUT2D eigenvalue weighted by Crippen LogP contribution is -2.43. The van der Waals surface area contributed by atoms with Crippen molar-refractivity contribution < 1.29 is 9.53 Å². The lowest BCUT2D eigenvalue weighted by Gasteiger charge is -2.21. The molecule has 0 aliphatic carbocycles. The number of rotatable bonds is 4. The summed E-state index contributed by atoms with van der Waals surface area (Å²) in [5.74, 6) is -0.00996. The second-order valence-electron chi connectivity index (χ2n) is 4.82. The van der Waals surface area contributed by atoms with Crippen LogP contribution in [0.5, 0.6) is 0 Å². The Labute approximate surface area is 116 Å². The maximum absolute atomic E-state index is 12.0. The topological polar surface area (TPSA) is 38.3 Å². The van der Waals surface area contributed by atoms with Gasteiger partial charge in [0.1, 0.15) is 5.60 Å². The lowest BCUT2D eigenvalue weighted by atomic mass is 10.0. The van der Waals surface area contributed by atoms with Crippen molar-refractivity contribution in [3.63, 3.8) is 0 Å². The highest BCUT2D eigenvalue weighted by atomic mass is 79.9. The SMILES string of the molecule is CC1(C(=O)NCc2cccc(CBr)c2)CCCO1. The van der Waals surface area contributed by atoms with E-state index in [2.05, 4.69) is 33.4 Å². The fourth-order valence-electron chi connectivity index (χ4n) is 2.15. The van der Waals surface area contributed by atoms with Gasteiger partial charge in [0.25, 0.3) is 5.91 Å². The lowest BCUT2D eigenvalue weighted by molar-refractivity contribution is -0.139. The molecule has 4 heteroatoms. The van der Waals surface area contributed by atoms with E-state index in [4.69, 9.17) is 4.74 Å². The van der Waals surface area contributed by atoms with E-state index in [9.17, 15) is 4.79 Å². The number of hydrogen-bond acceptors (Lipinski definition) is 2. The molecule has 1 fully saturated rings. The van der Waals surface area contributed by atoms with Crippen molar-refractivity contribution >= 4 is 21.8 Å². The fraction of sp³-hybridized carbons (Fsp3) is 0.500. The molecule has 18 heavy (non-hydrogen) atoms. The zero-order valence-corrected chi connectivity index (χ0v) is 12.1. The number of halogens is 1. The standard InChI is InChI=1S/C14H18BrNO2/c1-14(6-3-7-18-14)13(17)16-10-12-5-2-4-11(8-12)9-15/h2,4-5,8H,3,6-7,9-10H2,1H3,(H,16,17). The van der Waals surface area contributed by atoms with Gasteiger partial charge in [-0.1, -0.05) is 40.2 Å². The highest BCUT2D eigenvalue weighted by Gasteiger charge is 2.37. The maximum Gasteiger partial charge on any atom is 0.252 e. The van der Waals surface area contributed by atoms with Crippen LogP contribution < -0.4 is 5.32 Å². The Balaban J connectivity index is 1.92. The Morgan fingerprint density at radius 1 is 1.50 bits per heavy atom. The van der Waals surface area contributed by atoms with Crippen LogP contribution in [0.4, 0.5) is 0 Å². The van der Waals surface area contributed by atoms with Gasteiger partial charge in [-0.15, -0.1) is 0 Å². The maximum atomic E-state index is 12.0. The zero-order valence-electron chi connectivity index (χ0n) is 10.5. The zero-order chi connectivity index (χ0) is 13.0. The van der Waals surface area contributed by atoms with Crippen molar-refractivity contribution in [2.75, 3.05) is 6.61 Å². The molecule has 0 radical (unpaired) electrons. The van der Waals surface area contributed by atoms with E-state index in [1.54, 1.807) is 0 Å². The van der Waals surface area contributed by atoms with Crippen LogP contribution in [-0.4, -0.2) is 18.1 Å². The molecule has 0 spiro atoms. The highest BCUT2D eigenvalue weighted by molar-refractivity contribution is 9.08. The van der Waals surface area contributed by atoms with E-state index < -0.39 is 5.60 Å².